The van der Waals surface area contributed by atoms with Crippen LogP contribution >= 0.6 is 0 Å². The van der Waals surface area contributed by atoms with Crippen LogP contribution in [0.2, 0.25) is 0 Å². The van der Waals surface area contributed by atoms with E-state index in [0.29, 0.717) is 18.8 Å². The Morgan fingerprint density at radius 1 is 0.897 bits per heavy atom. The zero-order valence-electron chi connectivity index (χ0n) is 16.2. The molecular formula is C22H26F2N2O2S. The largest absolute Gasteiger partial charge is 0.380 e. The van der Waals surface area contributed by atoms with Crippen molar-refractivity contribution in [3.63, 3.8) is 0 Å². The maximum absolute atomic E-state index is 13.7. The highest BCUT2D eigenvalue weighted by Gasteiger charge is 2.42. The van der Waals surface area contributed by atoms with E-state index >= 15 is 0 Å². The number of sulfonamides is 1. The summed E-state index contributed by atoms with van der Waals surface area (Å²) < 4.78 is 55.0. The number of hydrogen-bond donors (Lipinski definition) is 1. The van der Waals surface area contributed by atoms with Crippen LogP contribution in [0.15, 0.2) is 48.5 Å². The first-order chi connectivity index (χ1) is 13.9. The van der Waals surface area contributed by atoms with Crippen molar-refractivity contribution in [3.8, 4) is 0 Å². The minimum atomic E-state index is -3.38. The van der Waals surface area contributed by atoms with Gasteiger partial charge < -0.3 is 5.32 Å². The third kappa shape index (κ3) is 4.31. The van der Waals surface area contributed by atoms with Gasteiger partial charge in [0.1, 0.15) is 0 Å². The Bertz CT molecular complexity index is 947. The van der Waals surface area contributed by atoms with Crippen molar-refractivity contribution in [1.29, 1.82) is 0 Å². The van der Waals surface area contributed by atoms with Gasteiger partial charge in [-0.2, -0.15) is 4.31 Å². The Balaban J connectivity index is 1.60. The summed E-state index contributed by atoms with van der Waals surface area (Å²) in [4.78, 5) is 0. The molecule has 0 radical (unpaired) electrons. The molecule has 0 unspecified atom stereocenters. The summed E-state index contributed by atoms with van der Waals surface area (Å²) in [6.45, 7) is 0.710. The topological polar surface area (TPSA) is 49.4 Å². The zero-order chi connectivity index (χ0) is 20.4. The predicted octanol–water partition coefficient (Wildman–Crippen LogP) is 4.51. The van der Waals surface area contributed by atoms with Crippen LogP contribution in [0.1, 0.15) is 43.6 Å². The van der Waals surface area contributed by atoms with E-state index in [0.717, 1.165) is 49.8 Å². The van der Waals surface area contributed by atoms with Gasteiger partial charge >= 0.3 is 0 Å². The lowest BCUT2D eigenvalue weighted by molar-refractivity contribution is 0.425. The average molecular weight is 421 g/mol. The van der Waals surface area contributed by atoms with Crippen molar-refractivity contribution in [3.05, 3.63) is 65.7 Å². The number of hydrogen-bond acceptors (Lipinski definition) is 3. The third-order valence-electron chi connectivity index (χ3n) is 6.12. The van der Waals surface area contributed by atoms with Crippen molar-refractivity contribution in [2.24, 2.45) is 0 Å². The first-order valence-corrected chi connectivity index (χ1v) is 11.7. The fraction of sp³-hybridized carbons (Fsp3) is 0.455. The molecule has 2 aromatic rings. The van der Waals surface area contributed by atoms with Gasteiger partial charge in [0.2, 0.25) is 10.0 Å². The monoisotopic (exact) mass is 420 g/mol. The van der Waals surface area contributed by atoms with E-state index in [-0.39, 0.29) is 17.2 Å². The Labute approximate surface area is 171 Å². The Morgan fingerprint density at radius 2 is 1.62 bits per heavy atom. The van der Waals surface area contributed by atoms with Crippen molar-refractivity contribution >= 4 is 15.7 Å². The van der Waals surface area contributed by atoms with E-state index in [1.54, 1.807) is 4.31 Å². The molecule has 156 valence electrons. The van der Waals surface area contributed by atoms with Gasteiger partial charge in [-0.15, -0.1) is 0 Å². The molecule has 0 aromatic heterocycles. The first kappa shape index (κ1) is 20.3. The number of nitrogens with zero attached hydrogens (tertiary/aromatic N) is 1. The van der Waals surface area contributed by atoms with E-state index in [2.05, 4.69) is 5.32 Å². The molecule has 0 amide bonds. The summed E-state index contributed by atoms with van der Waals surface area (Å²) >= 11 is 0. The highest BCUT2D eigenvalue weighted by atomic mass is 32.2. The van der Waals surface area contributed by atoms with Crippen LogP contribution in [-0.4, -0.2) is 37.1 Å². The zero-order valence-corrected chi connectivity index (χ0v) is 17.0. The van der Waals surface area contributed by atoms with Crippen molar-refractivity contribution in [2.75, 3.05) is 18.4 Å². The summed E-state index contributed by atoms with van der Waals surface area (Å²) in [6, 6.07) is 13.2. The highest BCUT2D eigenvalue weighted by Crippen LogP contribution is 2.35. The van der Waals surface area contributed by atoms with Crippen LogP contribution in [0, 0.1) is 11.6 Å². The molecule has 1 aliphatic carbocycles. The molecule has 1 heterocycles. The van der Waals surface area contributed by atoms with Gasteiger partial charge in [-0.05, 0) is 30.5 Å². The summed E-state index contributed by atoms with van der Waals surface area (Å²) in [7, 11) is -3.38. The van der Waals surface area contributed by atoms with Gasteiger partial charge in [0.15, 0.2) is 11.6 Å². The fourth-order valence-corrected chi connectivity index (χ4v) is 6.62. The summed E-state index contributed by atoms with van der Waals surface area (Å²) in [5.41, 5.74) is 1.49. The molecule has 0 spiro atoms. The summed E-state index contributed by atoms with van der Waals surface area (Å²) in [6.07, 6.45) is 4.44. The molecule has 1 saturated heterocycles. The maximum Gasteiger partial charge on any atom is 0.217 e. The molecule has 0 bridgehead atoms. The third-order valence-corrected chi connectivity index (χ3v) is 8.45. The van der Waals surface area contributed by atoms with E-state index in [1.165, 1.54) is 6.07 Å². The van der Waals surface area contributed by atoms with Crippen LogP contribution in [0.25, 0.3) is 0 Å². The lowest BCUT2D eigenvalue weighted by Gasteiger charge is -2.27. The minimum absolute atomic E-state index is 0.0670. The molecule has 2 aromatic carbocycles. The molecule has 7 heteroatoms. The molecule has 4 rings (SSSR count). The van der Waals surface area contributed by atoms with Crippen LogP contribution < -0.4 is 5.32 Å². The van der Waals surface area contributed by atoms with Crippen LogP contribution in [0.4, 0.5) is 14.5 Å². The molecule has 1 saturated carbocycles. The fourth-order valence-electron chi connectivity index (χ4n) is 4.53. The van der Waals surface area contributed by atoms with E-state index < -0.39 is 21.7 Å². The second kappa shape index (κ2) is 8.40. The smallest absolute Gasteiger partial charge is 0.217 e. The molecule has 2 fully saturated rings. The Morgan fingerprint density at radius 3 is 2.31 bits per heavy atom. The number of halogens is 2. The van der Waals surface area contributed by atoms with Gasteiger partial charge in [-0.1, -0.05) is 49.6 Å². The number of benzene rings is 2. The molecule has 2 atom stereocenters. The molecule has 1 N–H and O–H groups in total. The van der Waals surface area contributed by atoms with Crippen molar-refractivity contribution in [2.45, 2.75) is 49.3 Å². The van der Waals surface area contributed by atoms with Gasteiger partial charge in [-0.3, -0.25) is 0 Å². The van der Waals surface area contributed by atoms with Crippen LogP contribution in [-0.2, 0) is 10.0 Å². The minimum Gasteiger partial charge on any atom is -0.380 e. The number of nitrogens with one attached hydrogen (secondary N) is 1. The number of rotatable bonds is 5. The second-order valence-corrected chi connectivity index (χ2v) is 10.2. The van der Waals surface area contributed by atoms with E-state index in [9.17, 15) is 17.2 Å². The van der Waals surface area contributed by atoms with Gasteiger partial charge in [0.05, 0.1) is 5.25 Å². The quantitative estimate of drug-likeness (QED) is 0.774. The molecule has 4 nitrogen and oxygen atoms in total. The highest BCUT2D eigenvalue weighted by molar-refractivity contribution is 7.89. The molecule has 29 heavy (non-hydrogen) atoms. The Hall–Kier alpha value is -1.99. The van der Waals surface area contributed by atoms with E-state index in [1.807, 2.05) is 30.3 Å². The van der Waals surface area contributed by atoms with Crippen LogP contribution in [0.5, 0.6) is 0 Å². The SMILES string of the molecule is O=S(=O)(C1CCCCC1)N1C[C@H](c2ccccc2)[C@H](Nc2ccc(F)c(F)c2)C1. The standard InChI is InChI=1S/C22H26F2N2O2S/c23-20-12-11-17(13-21(20)24)25-22-15-26(14-19(22)16-7-3-1-4-8-16)29(27,28)18-9-5-2-6-10-18/h1,3-4,7-8,11-13,18-19,22,25H,2,5-6,9-10,14-15H2/t19-,22-/m1/s1. The van der Waals surface area contributed by atoms with Gasteiger partial charge in [0.25, 0.3) is 0 Å². The number of anilines is 1. The first-order valence-electron chi connectivity index (χ1n) is 10.2. The van der Waals surface area contributed by atoms with Gasteiger partial charge in [-0.25, -0.2) is 17.2 Å². The molecule has 1 aliphatic heterocycles. The normalized spacial score (nSPS) is 23.9. The summed E-state index contributed by atoms with van der Waals surface area (Å²) in [5.74, 6) is -1.89. The lowest BCUT2D eigenvalue weighted by Crippen LogP contribution is -2.39. The molecular weight excluding hydrogens is 394 g/mol. The predicted molar refractivity (Wildman–Crippen MR) is 110 cm³/mol. The molecule has 2 aliphatic rings. The lowest BCUT2D eigenvalue weighted by atomic mass is 9.94. The maximum atomic E-state index is 13.7. The Kier molecular flexibility index (Phi) is 5.88. The van der Waals surface area contributed by atoms with Crippen molar-refractivity contribution < 1.29 is 17.2 Å². The average Bonchev–Trinajstić information content (AvgIpc) is 3.17. The second-order valence-electron chi connectivity index (χ2n) is 8.02. The van der Waals surface area contributed by atoms with Crippen LogP contribution in [0.3, 0.4) is 0 Å². The summed E-state index contributed by atoms with van der Waals surface area (Å²) in [5, 5.41) is 2.94. The van der Waals surface area contributed by atoms with Crippen molar-refractivity contribution in [1.82, 2.24) is 4.31 Å². The van der Waals surface area contributed by atoms with E-state index in [4.69, 9.17) is 0 Å². The van der Waals surface area contributed by atoms with Gasteiger partial charge in [0, 0.05) is 36.8 Å².